The number of pyridine rings is 2. The van der Waals surface area contributed by atoms with E-state index in [0.717, 1.165) is 12.4 Å². The zero-order valence-electron chi connectivity index (χ0n) is 12.1. The van der Waals surface area contributed by atoms with E-state index in [1.165, 1.54) is 16.7 Å². The monoisotopic (exact) mass is 255 g/mol. The molecule has 3 nitrogen and oxygen atoms in total. The van der Waals surface area contributed by atoms with Crippen LogP contribution < -0.4 is 5.32 Å². The summed E-state index contributed by atoms with van der Waals surface area (Å²) in [6.07, 6.45) is 5.65. The van der Waals surface area contributed by atoms with Gasteiger partial charge in [-0.05, 0) is 41.2 Å². The number of hydrogen-bond donors (Lipinski definition) is 1. The van der Waals surface area contributed by atoms with E-state index in [1.807, 2.05) is 30.7 Å². The van der Waals surface area contributed by atoms with Gasteiger partial charge in [-0.25, -0.2) is 4.98 Å². The maximum atomic E-state index is 4.46. The largest absolute Gasteiger partial charge is 0.366 e. The van der Waals surface area contributed by atoms with Crippen molar-refractivity contribution in [2.45, 2.75) is 39.7 Å². The highest BCUT2D eigenvalue weighted by molar-refractivity contribution is 5.38. The molecular weight excluding hydrogens is 234 g/mol. The van der Waals surface area contributed by atoms with Gasteiger partial charge in [-0.2, -0.15) is 0 Å². The number of aryl methyl sites for hydroxylation is 1. The second-order valence-corrected chi connectivity index (χ2v) is 5.84. The summed E-state index contributed by atoms with van der Waals surface area (Å²) in [7, 11) is 0. The molecule has 2 rings (SSSR count). The first kappa shape index (κ1) is 13.5. The van der Waals surface area contributed by atoms with Crippen LogP contribution in [-0.2, 0) is 12.0 Å². The summed E-state index contributed by atoms with van der Waals surface area (Å²) >= 11 is 0. The molecular formula is C16H21N3. The van der Waals surface area contributed by atoms with E-state index < -0.39 is 0 Å². The molecule has 0 unspecified atom stereocenters. The van der Waals surface area contributed by atoms with Gasteiger partial charge < -0.3 is 5.32 Å². The summed E-state index contributed by atoms with van der Waals surface area (Å²) in [6, 6.07) is 6.19. The first-order valence-corrected chi connectivity index (χ1v) is 6.57. The van der Waals surface area contributed by atoms with Crippen molar-refractivity contribution in [3.63, 3.8) is 0 Å². The van der Waals surface area contributed by atoms with E-state index in [-0.39, 0.29) is 5.41 Å². The Morgan fingerprint density at radius 3 is 2.47 bits per heavy atom. The molecule has 0 fully saturated rings. The lowest BCUT2D eigenvalue weighted by Crippen LogP contribution is -2.12. The van der Waals surface area contributed by atoms with Crippen LogP contribution in [0.5, 0.6) is 0 Å². The van der Waals surface area contributed by atoms with Crippen molar-refractivity contribution >= 4 is 5.82 Å². The van der Waals surface area contributed by atoms with Crippen molar-refractivity contribution in [1.82, 2.24) is 9.97 Å². The molecule has 1 N–H and O–H groups in total. The third kappa shape index (κ3) is 3.53. The minimum atomic E-state index is 0.144. The highest BCUT2D eigenvalue weighted by atomic mass is 15.0. The number of anilines is 1. The smallest absolute Gasteiger partial charge is 0.126 e. The molecule has 100 valence electrons. The molecule has 0 bridgehead atoms. The molecule has 0 saturated heterocycles. The van der Waals surface area contributed by atoms with Crippen LogP contribution in [0.4, 0.5) is 5.82 Å². The van der Waals surface area contributed by atoms with E-state index in [2.05, 4.69) is 49.0 Å². The zero-order chi connectivity index (χ0) is 13.9. The van der Waals surface area contributed by atoms with Gasteiger partial charge in [0, 0.05) is 25.1 Å². The van der Waals surface area contributed by atoms with Gasteiger partial charge >= 0.3 is 0 Å². The Bertz CT molecular complexity index is 539. The average Bonchev–Trinajstić information content (AvgIpc) is 2.37. The Balaban J connectivity index is 2.03. The van der Waals surface area contributed by atoms with Crippen molar-refractivity contribution in [2.75, 3.05) is 5.32 Å². The van der Waals surface area contributed by atoms with E-state index in [9.17, 15) is 0 Å². The van der Waals surface area contributed by atoms with Gasteiger partial charge in [0.2, 0.25) is 0 Å². The standard InChI is InChI=1S/C16H21N3/c1-12-7-8-17-9-13(12)10-18-15-6-5-14(11-19-15)16(2,3)4/h5-9,11H,10H2,1-4H3,(H,18,19). The number of nitrogens with one attached hydrogen (secondary N) is 1. The molecule has 0 radical (unpaired) electrons. The fraction of sp³-hybridized carbons (Fsp3) is 0.375. The van der Waals surface area contributed by atoms with Crippen LogP contribution in [0.1, 0.15) is 37.5 Å². The fourth-order valence-corrected chi connectivity index (χ4v) is 1.81. The van der Waals surface area contributed by atoms with Gasteiger partial charge in [-0.15, -0.1) is 0 Å². The second kappa shape index (κ2) is 5.39. The summed E-state index contributed by atoms with van der Waals surface area (Å²) in [6.45, 7) is 9.42. The Hall–Kier alpha value is -1.90. The van der Waals surface area contributed by atoms with Crippen LogP contribution in [-0.4, -0.2) is 9.97 Å². The van der Waals surface area contributed by atoms with Crippen molar-refractivity contribution in [3.8, 4) is 0 Å². The lowest BCUT2D eigenvalue weighted by Gasteiger charge is -2.18. The van der Waals surface area contributed by atoms with Gasteiger partial charge in [0.15, 0.2) is 0 Å². The van der Waals surface area contributed by atoms with Crippen LogP contribution in [0.2, 0.25) is 0 Å². The maximum absolute atomic E-state index is 4.46. The molecule has 0 aromatic carbocycles. The lowest BCUT2D eigenvalue weighted by atomic mass is 9.88. The van der Waals surface area contributed by atoms with Crippen LogP contribution >= 0.6 is 0 Å². The molecule has 0 amide bonds. The Kier molecular flexibility index (Phi) is 3.84. The molecule has 0 atom stereocenters. The van der Waals surface area contributed by atoms with Gasteiger partial charge in [0.25, 0.3) is 0 Å². The van der Waals surface area contributed by atoms with E-state index in [1.54, 1.807) is 0 Å². The molecule has 2 aromatic heterocycles. The van der Waals surface area contributed by atoms with Gasteiger partial charge in [-0.3, -0.25) is 4.98 Å². The second-order valence-electron chi connectivity index (χ2n) is 5.84. The summed E-state index contributed by atoms with van der Waals surface area (Å²) in [5.74, 6) is 0.899. The molecule has 0 spiro atoms. The van der Waals surface area contributed by atoms with Crippen molar-refractivity contribution in [1.29, 1.82) is 0 Å². The van der Waals surface area contributed by atoms with Crippen molar-refractivity contribution < 1.29 is 0 Å². The number of hydrogen-bond acceptors (Lipinski definition) is 3. The van der Waals surface area contributed by atoms with Crippen LogP contribution in [0, 0.1) is 6.92 Å². The van der Waals surface area contributed by atoms with Crippen molar-refractivity contribution in [3.05, 3.63) is 53.5 Å². The molecule has 2 aromatic rings. The molecule has 0 aliphatic rings. The average molecular weight is 255 g/mol. The highest BCUT2D eigenvalue weighted by Crippen LogP contribution is 2.22. The third-order valence-electron chi connectivity index (χ3n) is 3.24. The highest BCUT2D eigenvalue weighted by Gasteiger charge is 2.13. The zero-order valence-corrected chi connectivity index (χ0v) is 12.1. The lowest BCUT2D eigenvalue weighted by molar-refractivity contribution is 0.587. The van der Waals surface area contributed by atoms with Crippen LogP contribution in [0.3, 0.4) is 0 Å². The van der Waals surface area contributed by atoms with E-state index in [0.29, 0.717) is 0 Å². The number of aromatic nitrogens is 2. The predicted octanol–water partition coefficient (Wildman–Crippen LogP) is 3.69. The number of rotatable bonds is 3. The maximum Gasteiger partial charge on any atom is 0.126 e. The first-order valence-electron chi connectivity index (χ1n) is 6.57. The number of nitrogens with zero attached hydrogens (tertiary/aromatic N) is 2. The van der Waals surface area contributed by atoms with Gasteiger partial charge in [0.1, 0.15) is 5.82 Å². The summed E-state index contributed by atoms with van der Waals surface area (Å²) in [4.78, 5) is 8.60. The summed E-state index contributed by atoms with van der Waals surface area (Å²) < 4.78 is 0. The van der Waals surface area contributed by atoms with Gasteiger partial charge in [0.05, 0.1) is 0 Å². The topological polar surface area (TPSA) is 37.8 Å². The molecule has 3 heteroatoms. The van der Waals surface area contributed by atoms with Gasteiger partial charge in [-0.1, -0.05) is 26.8 Å². The van der Waals surface area contributed by atoms with Crippen LogP contribution in [0.15, 0.2) is 36.8 Å². The minimum absolute atomic E-state index is 0.144. The predicted molar refractivity (Wildman–Crippen MR) is 79.2 cm³/mol. The molecule has 0 aliphatic heterocycles. The Labute approximate surface area is 115 Å². The summed E-state index contributed by atoms with van der Waals surface area (Å²) in [5.41, 5.74) is 3.83. The third-order valence-corrected chi connectivity index (χ3v) is 3.24. The molecule has 2 heterocycles. The van der Waals surface area contributed by atoms with E-state index in [4.69, 9.17) is 0 Å². The molecule has 0 aliphatic carbocycles. The SMILES string of the molecule is Cc1ccncc1CNc1ccc(C(C)(C)C)cn1. The molecule has 19 heavy (non-hydrogen) atoms. The Morgan fingerprint density at radius 2 is 1.89 bits per heavy atom. The van der Waals surface area contributed by atoms with Crippen LogP contribution in [0.25, 0.3) is 0 Å². The normalized spacial score (nSPS) is 11.4. The van der Waals surface area contributed by atoms with Crippen molar-refractivity contribution in [2.24, 2.45) is 0 Å². The first-order chi connectivity index (χ1) is 8.97. The Morgan fingerprint density at radius 1 is 1.11 bits per heavy atom. The fourth-order valence-electron chi connectivity index (χ4n) is 1.81. The van der Waals surface area contributed by atoms with E-state index >= 15 is 0 Å². The summed E-state index contributed by atoms with van der Waals surface area (Å²) in [5, 5.41) is 3.33. The minimum Gasteiger partial charge on any atom is -0.366 e. The molecule has 0 saturated carbocycles. The quantitative estimate of drug-likeness (QED) is 0.908.